The van der Waals surface area contributed by atoms with Gasteiger partial charge in [0.2, 0.25) is 0 Å². The molecule has 0 aliphatic rings. The molecule has 0 unspecified atom stereocenters. The smallest absolute Gasteiger partial charge is 0.140 e. The van der Waals surface area contributed by atoms with Crippen LogP contribution in [0, 0.1) is 11.3 Å². The molecule has 0 N–H and O–H groups in total. The maximum Gasteiger partial charge on any atom is 0.140 e. The quantitative estimate of drug-likeness (QED) is 0.307. The van der Waals surface area contributed by atoms with Crippen molar-refractivity contribution in [2.24, 2.45) is 0 Å². The number of aromatic nitrogens is 1. The minimum absolute atomic E-state index is 0.357. The first-order valence-corrected chi connectivity index (χ1v) is 10.3. The van der Waals surface area contributed by atoms with Gasteiger partial charge in [-0.15, -0.1) is 0 Å². The summed E-state index contributed by atoms with van der Waals surface area (Å²) in [6.45, 7) is 0. The van der Waals surface area contributed by atoms with E-state index in [9.17, 15) is 5.26 Å². The van der Waals surface area contributed by atoms with Gasteiger partial charge in [0.15, 0.2) is 0 Å². The summed E-state index contributed by atoms with van der Waals surface area (Å²) >= 11 is 18.6. The molecule has 4 rings (SSSR count). The zero-order valence-corrected chi connectivity index (χ0v) is 18.0. The Kier molecular flexibility index (Phi) is 5.79. The highest BCUT2D eigenvalue weighted by Crippen LogP contribution is 2.45. The number of rotatable bonds is 4. The Labute approximate surface area is 190 Å². The van der Waals surface area contributed by atoms with Crippen molar-refractivity contribution >= 4 is 34.8 Å². The summed E-state index contributed by atoms with van der Waals surface area (Å²) < 4.78 is 0. The summed E-state index contributed by atoms with van der Waals surface area (Å²) in [5, 5.41) is 11.2. The van der Waals surface area contributed by atoms with Crippen LogP contribution in [0.5, 0.6) is 0 Å². The van der Waals surface area contributed by atoms with Gasteiger partial charge in [0.1, 0.15) is 11.8 Å². The van der Waals surface area contributed by atoms with Gasteiger partial charge in [-0.3, -0.25) is 0 Å². The van der Waals surface area contributed by atoms with Gasteiger partial charge in [0, 0.05) is 21.3 Å². The minimum atomic E-state index is -0.708. The van der Waals surface area contributed by atoms with Gasteiger partial charge in [-0.25, -0.2) is 4.98 Å². The van der Waals surface area contributed by atoms with Gasteiger partial charge < -0.3 is 0 Å². The molecule has 0 atom stereocenters. The highest BCUT2D eigenvalue weighted by atomic mass is 35.5. The fraction of sp³-hybridized carbons (Fsp3) is 0.0400. The summed E-state index contributed by atoms with van der Waals surface area (Å²) in [7, 11) is 0. The third kappa shape index (κ3) is 3.68. The lowest BCUT2D eigenvalue weighted by Crippen LogP contribution is -2.31. The molecule has 146 valence electrons. The Morgan fingerprint density at radius 2 is 0.933 bits per heavy atom. The molecule has 0 saturated carbocycles. The summed E-state index contributed by atoms with van der Waals surface area (Å²) in [4.78, 5) is 4.35. The molecule has 0 aliphatic heterocycles. The van der Waals surface area contributed by atoms with E-state index in [-0.39, 0.29) is 0 Å². The predicted octanol–water partition coefficient (Wildman–Crippen LogP) is 7.30. The molecule has 4 aromatic rings. The SMILES string of the molecule is N#Cc1ccc(C(c2ccc(Cl)cc2)(c2ccc(Cl)cc2)c2ccc(Cl)cc2)cn1. The normalized spacial score (nSPS) is 11.1. The second-order valence-corrected chi connectivity index (χ2v) is 8.12. The number of nitrogens with zero attached hydrogens (tertiary/aromatic N) is 2. The van der Waals surface area contributed by atoms with E-state index in [1.165, 1.54) is 0 Å². The second-order valence-electron chi connectivity index (χ2n) is 6.81. The number of hydrogen-bond donors (Lipinski definition) is 0. The van der Waals surface area contributed by atoms with Crippen LogP contribution in [0.4, 0.5) is 0 Å². The van der Waals surface area contributed by atoms with Crippen LogP contribution in [-0.2, 0) is 5.41 Å². The largest absolute Gasteiger partial charge is 0.245 e. The van der Waals surface area contributed by atoms with E-state index in [0.29, 0.717) is 20.8 Å². The fourth-order valence-corrected chi connectivity index (χ4v) is 4.16. The lowest BCUT2D eigenvalue weighted by molar-refractivity contribution is 0.739. The number of pyridine rings is 1. The van der Waals surface area contributed by atoms with Crippen molar-refractivity contribution in [2.75, 3.05) is 0 Å². The molecule has 0 bridgehead atoms. The van der Waals surface area contributed by atoms with E-state index in [1.807, 2.05) is 78.9 Å². The standard InChI is InChI=1S/C25H15Cl3N2/c26-21-8-1-17(2-9-21)25(18-3-10-22(27)11-4-18,19-5-12-23(28)13-6-19)20-7-14-24(15-29)30-16-20/h1-14,16H. The molecule has 1 heterocycles. The fourth-order valence-electron chi connectivity index (χ4n) is 3.78. The van der Waals surface area contributed by atoms with Crippen LogP contribution in [0.15, 0.2) is 91.1 Å². The summed E-state index contributed by atoms with van der Waals surface area (Å²) in [5.41, 5.74) is 3.57. The number of benzene rings is 3. The van der Waals surface area contributed by atoms with E-state index in [0.717, 1.165) is 22.3 Å². The predicted molar refractivity (Wildman–Crippen MR) is 122 cm³/mol. The van der Waals surface area contributed by atoms with Crippen molar-refractivity contribution in [1.29, 1.82) is 5.26 Å². The molecule has 5 heteroatoms. The average Bonchev–Trinajstić information content (AvgIpc) is 2.78. The molecular formula is C25H15Cl3N2. The van der Waals surface area contributed by atoms with Gasteiger partial charge >= 0.3 is 0 Å². The van der Waals surface area contributed by atoms with E-state index in [2.05, 4.69) is 11.1 Å². The summed E-state index contributed by atoms with van der Waals surface area (Å²) in [5.74, 6) is 0. The molecule has 0 spiro atoms. The molecular weight excluding hydrogens is 435 g/mol. The van der Waals surface area contributed by atoms with Crippen LogP contribution in [0.2, 0.25) is 15.1 Å². The first kappa shape index (κ1) is 20.4. The number of halogens is 3. The Balaban J connectivity index is 2.11. The topological polar surface area (TPSA) is 36.7 Å². The average molecular weight is 450 g/mol. The van der Waals surface area contributed by atoms with E-state index in [1.54, 1.807) is 12.3 Å². The van der Waals surface area contributed by atoms with Gasteiger partial charge in [0.05, 0.1) is 5.41 Å². The highest BCUT2D eigenvalue weighted by molar-refractivity contribution is 6.31. The minimum Gasteiger partial charge on any atom is -0.245 e. The second kappa shape index (κ2) is 8.50. The lowest BCUT2D eigenvalue weighted by Gasteiger charge is -2.36. The summed E-state index contributed by atoms with van der Waals surface area (Å²) in [6.07, 6.45) is 1.75. The molecule has 0 amide bonds. The van der Waals surface area contributed by atoms with E-state index >= 15 is 0 Å². The van der Waals surface area contributed by atoms with Crippen LogP contribution in [0.3, 0.4) is 0 Å². The highest BCUT2D eigenvalue weighted by Gasteiger charge is 2.38. The van der Waals surface area contributed by atoms with Gasteiger partial charge in [-0.2, -0.15) is 5.26 Å². The third-order valence-electron chi connectivity index (χ3n) is 5.14. The van der Waals surface area contributed by atoms with Crippen molar-refractivity contribution in [1.82, 2.24) is 4.98 Å². The Morgan fingerprint density at radius 1 is 0.567 bits per heavy atom. The van der Waals surface area contributed by atoms with Gasteiger partial charge in [0.25, 0.3) is 0 Å². The van der Waals surface area contributed by atoms with Crippen LogP contribution in [-0.4, -0.2) is 4.98 Å². The zero-order valence-electron chi connectivity index (χ0n) is 15.7. The molecule has 0 aliphatic carbocycles. The molecule has 2 nitrogen and oxygen atoms in total. The Bertz CT molecular complexity index is 1080. The Morgan fingerprint density at radius 3 is 1.23 bits per heavy atom. The zero-order chi connectivity index (χ0) is 21.1. The van der Waals surface area contributed by atoms with E-state index < -0.39 is 5.41 Å². The number of hydrogen-bond acceptors (Lipinski definition) is 2. The number of nitriles is 1. The molecule has 0 fully saturated rings. The van der Waals surface area contributed by atoms with E-state index in [4.69, 9.17) is 34.8 Å². The maximum atomic E-state index is 9.22. The van der Waals surface area contributed by atoms with Crippen LogP contribution in [0.25, 0.3) is 0 Å². The molecule has 0 saturated heterocycles. The molecule has 1 aromatic heterocycles. The molecule has 3 aromatic carbocycles. The van der Waals surface area contributed by atoms with Crippen molar-refractivity contribution in [3.8, 4) is 6.07 Å². The third-order valence-corrected chi connectivity index (χ3v) is 5.90. The lowest BCUT2D eigenvalue weighted by atomic mass is 9.65. The first-order valence-electron chi connectivity index (χ1n) is 9.19. The van der Waals surface area contributed by atoms with Gasteiger partial charge in [-0.05, 0) is 64.7 Å². The first-order chi connectivity index (χ1) is 14.5. The monoisotopic (exact) mass is 448 g/mol. The van der Waals surface area contributed by atoms with Gasteiger partial charge in [-0.1, -0.05) is 77.3 Å². The van der Waals surface area contributed by atoms with Crippen molar-refractivity contribution < 1.29 is 0 Å². The van der Waals surface area contributed by atoms with Crippen molar-refractivity contribution in [2.45, 2.75) is 5.41 Å². The van der Waals surface area contributed by atoms with Crippen LogP contribution < -0.4 is 0 Å². The summed E-state index contributed by atoms with van der Waals surface area (Å²) in [6, 6.07) is 29.0. The van der Waals surface area contributed by atoms with Crippen molar-refractivity contribution in [3.63, 3.8) is 0 Å². The van der Waals surface area contributed by atoms with Crippen LogP contribution >= 0.6 is 34.8 Å². The molecule has 0 radical (unpaired) electrons. The maximum absolute atomic E-state index is 9.22. The Hall–Kier alpha value is -2.83. The van der Waals surface area contributed by atoms with Crippen molar-refractivity contribution in [3.05, 3.63) is 134 Å². The van der Waals surface area contributed by atoms with Crippen LogP contribution in [0.1, 0.15) is 27.9 Å². The molecule has 30 heavy (non-hydrogen) atoms.